The predicted octanol–water partition coefficient (Wildman–Crippen LogP) is 5.25. The number of oxazole rings is 1. The Morgan fingerprint density at radius 1 is 1.03 bits per heavy atom. The topological polar surface area (TPSA) is 71.5 Å². The lowest BCUT2D eigenvalue weighted by Crippen LogP contribution is -2.37. The van der Waals surface area contributed by atoms with Crippen molar-refractivity contribution in [1.82, 2.24) is 9.88 Å². The van der Waals surface area contributed by atoms with Gasteiger partial charge in [0.25, 0.3) is 0 Å². The van der Waals surface area contributed by atoms with Crippen molar-refractivity contribution in [2.24, 2.45) is 5.92 Å². The van der Waals surface area contributed by atoms with E-state index in [1.54, 1.807) is 0 Å². The summed E-state index contributed by atoms with van der Waals surface area (Å²) < 4.78 is 11.5. The van der Waals surface area contributed by atoms with Gasteiger partial charge < -0.3 is 14.2 Å². The first-order valence-electron chi connectivity index (χ1n) is 10.7. The van der Waals surface area contributed by atoms with E-state index in [0.29, 0.717) is 5.89 Å². The molecule has 3 heterocycles. The van der Waals surface area contributed by atoms with Crippen LogP contribution in [-0.2, 0) is 11.3 Å². The zero-order valence-electron chi connectivity index (χ0n) is 17.5. The monoisotopic (exact) mass is 415 g/mol. The first kappa shape index (κ1) is 19.6. The van der Waals surface area contributed by atoms with Crippen molar-refractivity contribution >= 4 is 22.7 Å². The van der Waals surface area contributed by atoms with E-state index >= 15 is 0 Å². The number of carbonyl (C=O) groups is 1. The van der Waals surface area contributed by atoms with Crippen molar-refractivity contribution in [3.63, 3.8) is 0 Å². The molecule has 1 aliphatic heterocycles. The summed E-state index contributed by atoms with van der Waals surface area (Å²) >= 11 is 0. The van der Waals surface area contributed by atoms with Crippen molar-refractivity contribution in [2.45, 2.75) is 26.3 Å². The molecule has 2 aromatic carbocycles. The minimum absolute atomic E-state index is 0.0336. The van der Waals surface area contributed by atoms with E-state index in [9.17, 15) is 4.79 Å². The summed E-state index contributed by atoms with van der Waals surface area (Å²) in [4.78, 5) is 19.6. The fourth-order valence-electron chi connectivity index (χ4n) is 4.08. The normalized spacial score (nSPS) is 15.4. The molecular weight excluding hydrogens is 390 g/mol. The van der Waals surface area contributed by atoms with Crippen molar-refractivity contribution in [3.8, 4) is 11.5 Å². The Morgan fingerprint density at radius 2 is 1.81 bits per heavy atom. The van der Waals surface area contributed by atoms with E-state index in [4.69, 9.17) is 8.83 Å². The van der Waals surface area contributed by atoms with Crippen LogP contribution in [0.5, 0.6) is 0 Å². The molecule has 1 saturated heterocycles. The summed E-state index contributed by atoms with van der Waals surface area (Å²) in [5.41, 5.74) is 3.28. The zero-order chi connectivity index (χ0) is 21.2. The summed E-state index contributed by atoms with van der Waals surface area (Å²) in [5, 5.41) is 3.06. The number of nitrogens with one attached hydrogen (secondary N) is 1. The minimum Gasteiger partial charge on any atom is -0.465 e. The number of fused-ring (bicyclic) bond motifs is 1. The van der Waals surface area contributed by atoms with Crippen molar-refractivity contribution < 1.29 is 13.6 Å². The van der Waals surface area contributed by atoms with Crippen LogP contribution in [0.4, 0.5) is 5.69 Å². The number of benzene rings is 2. The Kier molecular flexibility index (Phi) is 5.30. The van der Waals surface area contributed by atoms with Gasteiger partial charge in [0.05, 0.1) is 6.54 Å². The summed E-state index contributed by atoms with van der Waals surface area (Å²) in [6.45, 7) is 4.56. The highest BCUT2D eigenvalue weighted by Gasteiger charge is 2.25. The SMILES string of the molecule is Cc1ccc(CN2CCC(C(=O)Nc3ccc(-c4nc5ccccc5o4)cc3)CC2)o1. The van der Waals surface area contributed by atoms with Crippen LogP contribution < -0.4 is 5.32 Å². The highest BCUT2D eigenvalue weighted by Crippen LogP contribution is 2.26. The molecule has 6 heteroatoms. The van der Waals surface area contributed by atoms with Crippen LogP contribution in [0.25, 0.3) is 22.6 Å². The van der Waals surface area contributed by atoms with E-state index in [2.05, 4.69) is 15.2 Å². The maximum atomic E-state index is 12.7. The molecule has 0 bridgehead atoms. The lowest BCUT2D eigenvalue weighted by Gasteiger charge is -2.30. The largest absolute Gasteiger partial charge is 0.465 e. The number of likely N-dealkylation sites (tertiary alicyclic amines) is 1. The highest BCUT2D eigenvalue weighted by molar-refractivity contribution is 5.92. The van der Waals surface area contributed by atoms with E-state index < -0.39 is 0 Å². The molecule has 158 valence electrons. The molecule has 1 N–H and O–H groups in total. The Bertz CT molecular complexity index is 1150. The predicted molar refractivity (Wildman–Crippen MR) is 120 cm³/mol. The number of anilines is 1. The second-order valence-corrected chi connectivity index (χ2v) is 8.12. The lowest BCUT2D eigenvalue weighted by atomic mass is 9.95. The third kappa shape index (κ3) is 4.39. The fraction of sp³-hybridized carbons (Fsp3) is 0.280. The van der Waals surface area contributed by atoms with Gasteiger partial charge in [-0.05, 0) is 81.4 Å². The van der Waals surface area contributed by atoms with Crippen LogP contribution in [-0.4, -0.2) is 28.9 Å². The molecule has 1 amide bonds. The summed E-state index contributed by atoms with van der Waals surface area (Å²) in [5.74, 6) is 2.62. The van der Waals surface area contributed by atoms with E-state index in [-0.39, 0.29) is 11.8 Å². The Hall–Kier alpha value is -3.38. The Balaban J connectivity index is 1.16. The average Bonchev–Trinajstić information content (AvgIpc) is 3.40. The van der Waals surface area contributed by atoms with E-state index in [0.717, 1.165) is 66.3 Å². The van der Waals surface area contributed by atoms with Gasteiger partial charge in [-0.3, -0.25) is 9.69 Å². The van der Waals surface area contributed by atoms with Crippen molar-refractivity contribution in [1.29, 1.82) is 0 Å². The van der Waals surface area contributed by atoms with Gasteiger partial charge in [0, 0.05) is 17.2 Å². The Morgan fingerprint density at radius 3 is 2.52 bits per heavy atom. The molecule has 0 radical (unpaired) electrons. The van der Waals surface area contributed by atoms with Gasteiger partial charge in [-0.1, -0.05) is 12.1 Å². The van der Waals surface area contributed by atoms with Crippen molar-refractivity contribution in [3.05, 3.63) is 72.2 Å². The van der Waals surface area contributed by atoms with Crippen LogP contribution in [0.2, 0.25) is 0 Å². The van der Waals surface area contributed by atoms with Gasteiger partial charge in [-0.15, -0.1) is 0 Å². The van der Waals surface area contributed by atoms with Gasteiger partial charge in [0.2, 0.25) is 11.8 Å². The number of rotatable bonds is 5. The van der Waals surface area contributed by atoms with Gasteiger partial charge in [-0.25, -0.2) is 4.98 Å². The van der Waals surface area contributed by atoms with Crippen molar-refractivity contribution in [2.75, 3.05) is 18.4 Å². The molecule has 0 spiro atoms. The second-order valence-electron chi connectivity index (χ2n) is 8.12. The van der Waals surface area contributed by atoms with E-state index in [1.165, 1.54) is 0 Å². The van der Waals surface area contributed by atoms with Gasteiger partial charge in [0.1, 0.15) is 17.0 Å². The molecule has 1 fully saturated rings. The van der Waals surface area contributed by atoms with Crippen LogP contribution in [0.3, 0.4) is 0 Å². The van der Waals surface area contributed by atoms with Crippen LogP contribution in [0.1, 0.15) is 24.4 Å². The molecule has 0 atom stereocenters. The summed E-state index contributed by atoms with van der Waals surface area (Å²) in [6, 6.07) is 19.4. The van der Waals surface area contributed by atoms with Gasteiger partial charge in [-0.2, -0.15) is 0 Å². The highest BCUT2D eigenvalue weighted by atomic mass is 16.3. The Labute approximate surface area is 180 Å². The number of hydrogen-bond acceptors (Lipinski definition) is 5. The standard InChI is InChI=1S/C25H25N3O3/c1-17-6-11-21(30-17)16-28-14-12-18(13-15-28)24(29)26-20-9-7-19(8-10-20)25-27-22-4-2-3-5-23(22)31-25/h2-11,18H,12-16H2,1H3,(H,26,29). The lowest BCUT2D eigenvalue weighted by molar-refractivity contribution is -0.121. The average molecular weight is 415 g/mol. The molecule has 0 aliphatic carbocycles. The first-order chi connectivity index (χ1) is 15.1. The van der Waals surface area contributed by atoms with Gasteiger partial charge >= 0.3 is 0 Å². The molecule has 6 nitrogen and oxygen atoms in total. The number of amides is 1. The van der Waals surface area contributed by atoms with E-state index in [1.807, 2.05) is 67.6 Å². The second kappa shape index (κ2) is 8.40. The number of para-hydroxylation sites is 2. The number of carbonyl (C=O) groups excluding carboxylic acids is 1. The number of hydrogen-bond donors (Lipinski definition) is 1. The van der Waals surface area contributed by atoms with Crippen LogP contribution in [0.15, 0.2) is 69.5 Å². The number of piperidine rings is 1. The van der Waals surface area contributed by atoms with Gasteiger partial charge in [0.15, 0.2) is 5.58 Å². The molecule has 1 aliphatic rings. The van der Waals surface area contributed by atoms with Crippen LogP contribution in [0, 0.1) is 12.8 Å². The maximum absolute atomic E-state index is 12.7. The summed E-state index contributed by atoms with van der Waals surface area (Å²) in [6.07, 6.45) is 1.71. The quantitative estimate of drug-likeness (QED) is 0.482. The molecule has 0 unspecified atom stereocenters. The third-order valence-corrected chi connectivity index (χ3v) is 5.83. The smallest absolute Gasteiger partial charge is 0.227 e. The number of furan rings is 1. The molecule has 0 saturated carbocycles. The van der Waals surface area contributed by atoms with Crippen LogP contribution >= 0.6 is 0 Å². The first-order valence-corrected chi connectivity index (χ1v) is 10.7. The molecular formula is C25H25N3O3. The molecule has 5 rings (SSSR count). The number of aromatic nitrogens is 1. The maximum Gasteiger partial charge on any atom is 0.227 e. The third-order valence-electron chi connectivity index (χ3n) is 5.83. The number of aryl methyl sites for hydroxylation is 1. The zero-order valence-corrected chi connectivity index (χ0v) is 17.5. The number of nitrogens with zero attached hydrogens (tertiary/aromatic N) is 2. The fourth-order valence-corrected chi connectivity index (χ4v) is 4.08. The summed E-state index contributed by atoms with van der Waals surface area (Å²) in [7, 11) is 0. The molecule has 2 aromatic heterocycles. The minimum atomic E-state index is 0.0336. The molecule has 4 aromatic rings. The molecule has 31 heavy (non-hydrogen) atoms.